The third-order valence-corrected chi connectivity index (χ3v) is 3.69. The summed E-state index contributed by atoms with van der Waals surface area (Å²) in [5.74, 6) is 1.98. The number of aromatic nitrogens is 3. The van der Waals surface area contributed by atoms with Crippen molar-refractivity contribution in [3.05, 3.63) is 64.9 Å². The van der Waals surface area contributed by atoms with Gasteiger partial charge in [0.25, 0.3) is 0 Å². The first kappa shape index (κ1) is 16.1. The van der Waals surface area contributed by atoms with Crippen molar-refractivity contribution in [1.29, 1.82) is 0 Å². The summed E-state index contributed by atoms with van der Waals surface area (Å²) in [5.41, 5.74) is 1.99. The number of methoxy groups -OCH3 is 1. The van der Waals surface area contributed by atoms with Crippen LogP contribution in [0.1, 0.15) is 11.1 Å². The predicted octanol–water partition coefficient (Wildman–Crippen LogP) is 3.66. The molecule has 1 heterocycles. The lowest BCUT2D eigenvalue weighted by Gasteiger charge is -2.15. The van der Waals surface area contributed by atoms with E-state index in [2.05, 4.69) is 20.5 Å². The smallest absolute Gasteiger partial charge is 0.218 e. The van der Waals surface area contributed by atoms with Crippen LogP contribution in [-0.2, 0) is 13.2 Å². The number of ether oxygens (including phenoxy) is 2. The highest BCUT2D eigenvalue weighted by molar-refractivity contribution is 6.30. The Morgan fingerprint density at radius 3 is 2.71 bits per heavy atom. The second-order valence-electron chi connectivity index (χ2n) is 5.05. The lowest BCUT2D eigenvalue weighted by molar-refractivity contribution is 0.281. The van der Waals surface area contributed by atoms with E-state index in [1.165, 1.54) is 6.33 Å². The highest BCUT2D eigenvalue weighted by atomic mass is 35.5. The quantitative estimate of drug-likeness (QED) is 0.684. The first-order valence-electron chi connectivity index (χ1n) is 7.38. The van der Waals surface area contributed by atoms with E-state index in [0.717, 1.165) is 11.1 Å². The average Bonchev–Trinajstić information content (AvgIpc) is 3.13. The molecule has 0 bridgehead atoms. The zero-order valence-corrected chi connectivity index (χ0v) is 13.9. The molecule has 1 aromatic heterocycles. The van der Waals surface area contributed by atoms with Gasteiger partial charge < -0.3 is 14.8 Å². The average molecular weight is 345 g/mol. The molecule has 0 atom stereocenters. The van der Waals surface area contributed by atoms with Gasteiger partial charge in [-0.05, 0) is 23.8 Å². The molecule has 0 saturated carbocycles. The summed E-state index contributed by atoms with van der Waals surface area (Å²) >= 11 is 5.91. The van der Waals surface area contributed by atoms with Crippen LogP contribution in [-0.4, -0.2) is 22.3 Å². The Kier molecular flexibility index (Phi) is 5.18. The summed E-state index contributed by atoms with van der Waals surface area (Å²) in [4.78, 5) is 4.04. The van der Waals surface area contributed by atoms with Crippen molar-refractivity contribution in [2.24, 2.45) is 0 Å². The third kappa shape index (κ3) is 3.97. The van der Waals surface area contributed by atoms with Crippen molar-refractivity contribution in [2.75, 3.05) is 12.4 Å². The van der Waals surface area contributed by atoms with Gasteiger partial charge in [0.05, 0.1) is 7.11 Å². The summed E-state index contributed by atoms with van der Waals surface area (Å²) in [6.45, 7) is 0.954. The maximum absolute atomic E-state index is 6.00. The number of aromatic amines is 1. The van der Waals surface area contributed by atoms with Crippen molar-refractivity contribution in [2.45, 2.75) is 13.2 Å². The lowest BCUT2D eigenvalue weighted by Crippen LogP contribution is -2.06. The fourth-order valence-electron chi connectivity index (χ4n) is 2.23. The zero-order valence-electron chi connectivity index (χ0n) is 13.1. The predicted molar refractivity (Wildman–Crippen MR) is 92.5 cm³/mol. The Labute approximate surface area is 144 Å². The number of halogens is 1. The number of H-pyrrole nitrogens is 1. The number of nitrogens with one attached hydrogen (secondary N) is 2. The second kappa shape index (κ2) is 7.70. The van der Waals surface area contributed by atoms with Crippen LogP contribution in [0.25, 0.3) is 0 Å². The minimum Gasteiger partial charge on any atom is -0.493 e. The largest absolute Gasteiger partial charge is 0.493 e. The molecular formula is C17H17ClN4O2. The van der Waals surface area contributed by atoms with Gasteiger partial charge >= 0.3 is 0 Å². The number of hydrogen-bond acceptors (Lipinski definition) is 5. The monoisotopic (exact) mass is 344 g/mol. The van der Waals surface area contributed by atoms with Crippen LogP contribution in [0.2, 0.25) is 5.02 Å². The van der Waals surface area contributed by atoms with Gasteiger partial charge in [-0.2, -0.15) is 5.10 Å². The summed E-state index contributed by atoms with van der Waals surface area (Å²) in [7, 11) is 1.62. The van der Waals surface area contributed by atoms with E-state index in [-0.39, 0.29) is 0 Å². The maximum atomic E-state index is 6.00. The highest BCUT2D eigenvalue weighted by Crippen LogP contribution is 2.32. The van der Waals surface area contributed by atoms with Crippen LogP contribution >= 0.6 is 11.6 Å². The van der Waals surface area contributed by atoms with E-state index >= 15 is 0 Å². The number of nitrogens with zero attached hydrogens (tertiary/aromatic N) is 2. The van der Waals surface area contributed by atoms with Gasteiger partial charge in [-0.1, -0.05) is 35.9 Å². The molecule has 0 aliphatic rings. The molecule has 2 N–H and O–H groups in total. The van der Waals surface area contributed by atoms with Gasteiger partial charge in [0.15, 0.2) is 11.5 Å². The molecule has 6 nitrogen and oxygen atoms in total. The molecule has 0 saturated heterocycles. The van der Waals surface area contributed by atoms with Gasteiger partial charge in [-0.15, -0.1) is 0 Å². The van der Waals surface area contributed by atoms with Crippen molar-refractivity contribution >= 4 is 17.5 Å². The van der Waals surface area contributed by atoms with Crippen molar-refractivity contribution < 1.29 is 9.47 Å². The molecule has 7 heteroatoms. The molecule has 0 aliphatic carbocycles. The molecule has 2 aromatic carbocycles. The van der Waals surface area contributed by atoms with Gasteiger partial charge in [0.1, 0.15) is 12.9 Å². The summed E-state index contributed by atoms with van der Waals surface area (Å²) in [6.07, 6.45) is 1.45. The Morgan fingerprint density at radius 2 is 2.00 bits per heavy atom. The molecule has 3 rings (SSSR count). The summed E-state index contributed by atoms with van der Waals surface area (Å²) < 4.78 is 11.4. The normalized spacial score (nSPS) is 10.4. The minimum absolute atomic E-state index is 0.423. The van der Waals surface area contributed by atoms with Crippen LogP contribution in [0.15, 0.2) is 48.8 Å². The van der Waals surface area contributed by atoms with E-state index < -0.39 is 0 Å². The number of benzene rings is 2. The van der Waals surface area contributed by atoms with Crippen molar-refractivity contribution in [3.8, 4) is 11.5 Å². The minimum atomic E-state index is 0.423. The van der Waals surface area contributed by atoms with Gasteiger partial charge in [0.2, 0.25) is 5.95 Å². The van der Waals surface area contributed by atoms with Crippen LogP contribution in [0.3, 0.4) is 0 Å². The molecule has 0 aliphatic heterocycles. The number of para-hydroxylation sites is 1. The SMILES string of the molecule is COc1cccc(CNc2ncn[nH]2)c1OCc1ccc(Cl)cc1. The number of rotatable bonds is 7. The molecule has 24 heavy (non-hydrogen) atoms. The topological polar surface area (TPSA) is 72.1 Å². The van der Waals surface area contributed by atoms with Gasteiger partial charge in [-0.3, -0.25) is 0 Å². The van der Waals surface area contributed by atoms with Crippen LogP contribution in [0, 0.1) is 0 Å². The summed E-state index contributed by atoms with van der Waals surface area (Å²) in [5, 5.41) is 10.4. The molecular weight excluding hydrogens is 328 g/mol. The van der Waals surface area contributed by atoms with Crippen LogP contribution in [0.4, 0.5) is 5.95 Å². The first-order chi connectivity index (χ1) is 11.8. The van der Waals surface area contributed by atoms with Crippen molar-refractivity contribution in [1.82, 2.24) is 15.2 Å². The fraction of sp³-hybridized carbons (Fsp3) is 0.176. The van der Waals surface area contributed by atoms with Crippen LogP contribution in [0.5, 0.6) is 11.5 Å². The Morgan fingerprint density at radius 1 is 1.17 bits per heavy atom. The molecule has 0 radical (unpaired) electrons. The first-order valence-corrected chi connectivity index (χ1v) is 7.76. The standard InChI is InChI=1S/C17H17ClN4O2/c1-23-15-4-2-3-13(9-19-17-20-11-21-22-17)16(15)24-10-12-5-7-14(18)8-6-12/h2-8,11H,9-10H2,1H3,(H2,19,20,21,22). The Balaban J connectivity index is 1.75. The van der Waals surface area contributed by atoms with Crippen LogP contribution < -0.4 is 14.8 Å². The van der Waals surface area contributed by atoms with E-state index in [1.807, 2.05) is 42.5 Å². The number of anilines is 1. The Hall–Kier alpha value is -2.73. The third-order valence-electron chi connectivity index (χ3n) is 3.44. The second-order valence-corrected chi connectivity index (χ2v) is 5.49. The van der Waals surface area contributed by atoms with Gasteiger partial charge in [0, 0.05) is 17.1 Å². The highest BCUT2D eigenvalue weighted by Gasteiger charge is 2.11. The molecule has 0 spiro atoms. The van der Waals surface area contributed by atoms with E-state index in [9.17, 15) is 0 Å². The molecule has 0 unspecified atom stereocenters. The van der Waals surface area contributed by atoms with E-state index in [1.54, 1.807) is 7.11 Å². The summed E-state index contributed by atoms with van der Waals surface area (Å²) in [6, 6.07) is 13.3. The number of hydrogen-bond donors (Lipinski definition) is 2. The molecule has 0 amide bonds. The molecule has 124 valence electrons. The molecule has 3 aromatic rings. The zero-order chi connectivity index (χ0) is 16.8. The van der Waals surface area contributed by atoms with E-state index in [4.69, 9.17) is 21.1 Å². The van der Waals surface area contributed by atoms with Crippen molar-refractivity contribution in [3.63, 3.8) is 0 Å². The van der Waals surface area contributed by atoms with E-state index in [0.29, 0.717) is 35.6 Å². The van der Waals surface area contributed by atoms with Gasteiger partial charge in [-0.25, -0.2) is 10.1 Å². The maximum Gasteiger partial charge on any atom is 0.218 e. The Bertz CT molecular complexity index is 776. The fourth-order valence-corrected chi connectivity index (χ4v) is 2.36. The lowest BCUT2D eigenvalue weighted by atomic mass is 10.1. The molecule has 0 fully saturated rings.